The van der Waals surface area contributed by atoms with Crippen LogP contribution in [0.25, 0.3) is 0 Å². The first-order valence-electron chi connectivity index (χ1n) is 6.42. The maximum atomic E-state index is 11.8. The Morgan fingerprint density at radius 1 is 1.37 bits per heavy atom. The summed E-state index contributed by atoms with van der Waals surface area (Å²) in [6.45, 7) is 6.25. The Bertz CT molecular complexity index is 498. The molecule has 1 aromatic rings. The van der Waals surface area contributed by atoms with Crippen molar-refractivity contribution in [2.24, 2.45) is 0 Å². The molecule has 110 valence electrons. The normalized spacial score (nSPS) is 13.5. The molecule has 1 atom stereocenters. The average molecular weight is 290 g/mol. The molecule has 19 heavy (non-hydrogen) atoms. The summed E-state index contributed by atoms with van der Waals surface area (Å²) in [6.07, 6.45) is 1.49. The van der Waals surface area contributed by atoms with Crippen molar-refractivity contribution in [2.75, 3.05) is 12.9 Å². The van der Waals surface area contributed by atoms with Gasteiger partial charge in [-0.2, -0.15) is 0 Å². The molecule has 1 aromatic heterocycles. The van der Waals surface area contributed by atoms with Crippen LogP contribution in [0.1, 0.15) is 45.5 Å². The van der Waals surface area contributed by atoms with Crippen molar-refractivity contribution in [1.29, 1.82) is 0 Å². The summed E-state index contributed by atoms with van der Waals surface area (Å²) in [4.78, 5) is 0. The molecule has 0 aliphatic carbocycles. The van der Waals surface area contributed by atoms with Gasteiger partial charge in [-0.05, 0) is 20.3 Å². The Kier molecular flexibility index (Phi) is 5.74. The van der Waals surface area contributed by atoms with Crippen LogP contribution >= 0.6 is 0 Å². The minimum absolute atomic E-state index is 0.130. The van der Waals surface area contributed by atoms with Crippen LogP contribution in [-0.2, 0) is 16.6 Å². The molecule has 0 amide bonds. The van der Waals surface area contributed by atoms with Crippen molar-refractivity contribution in [1.82, 2.24) is 19.5 Å². The van der Waals surface area contributed by atoms with Crippen LogP contribution in [0, 0.1) is 0 Å². The average Bonchev–Trinajstić information content (AvgIpc) is 2.78. The van der Waals surface area contributed by atoms with Crippen LogP contribution in [0.5, 0.6) is 6.01 Å². The molecule has 0 saturated carbocycles. The van der Waals surface area contributed by atoms with E-state index in [0.717, 1.165) is 6.42 Å². The standard InChI is InChI=1S/C11H22N4O3S/c1-5-7-8-19(16,17)14-9(3)10-12-13-11(18-4)15(10)6-2/h9,14H,5-8H2,1-4H3/t9-/m1/s1. The maximum Gasteiger partial charge on any atom is 0.316 e. The fourth-order valence-electron chi connectivity index (χ4n) is 1.78. The van der Waals surface area contributed by atoms with E-state index in [9.17, 15) is 8.42 Å². The quantitative estimate of drug-likeness (QED) is 0.774. The zero-order valence-electron chi connectivity index (χ0n) is 11.9. The Balaban J connectivity index is 2.83. The van der Waals surface area contributed by atoms with Crippen molar-refractivity contribution in [3.63, 3.8) is 0 Å². The smallest absolute Gasteiger partial charge is 0.316 e. The van der Waals surface area contributed by atoms with Crippen molar-refractivity contribution >= 4 is 10.0 Å². The first-order chi connectivity index (χ1) is 8.95. The van der Waals surface area contributed by atoms with E-state index in [1.54, 1.807) is 11.5 Å². The number of hydrogen-bond acceptors (Lipinski definition) is 5. The third-order valence-electron chi connectivity index (χ3n) is 2.75. The molecule has 1 N–H and O–H groups in total. The summed E-state index contributed by atoms with van der Waals surface area (Å²) in [7, 11) is -1.78. The van der Waals surface area contributed by atoms with E-state index in [1.807, 2.05) is 13.8 Å². The number of ether oxygens (including phenoxy) is 1. The van der Waals surface area contributed by atoms with Crippen LogP contribution in [0.2, 0.25) is 0 Å². The Morgan fingerprint density at radius 2 is 2.05 bits per heavy atom. The number of sulfonamides is 1. The van der Waals surface area contributed by atoms with Gasteiger partial charge in [0.1, 0.15) is 0 Å². The largest absolute Gasteiger partial charge is 0.467 e. The van der Waals surface area contributed by atoms with E-state index in [1.165, 1.54) is 7.11 Å². The molecule has 0 unspecified atom stereocenters. The van der Waals surface area contributed by atoms with Crippen molar-refractivity contribution in [3.05, 3.63) is 5.82 Å². The lowest BCUT2D eigenvalue weighted by Crippen LogP contribution is -2.30. The van der Waals surface area contributed by atoms with Gasteiger partial charge >= 0.3 is 6.01 Å². The summed E-state index contributed by atoms with van der Waals surface area (Å²) >= 11 is 0. The molecule has 7 nitrogen and oxygen atoms in total. The second kappa shape index (κ2) is 6.85. The van der Waals surface area contributed by atoms with E-state index in [-0.39, 0.29) is 5.75 Å². The zero-order valence-corrected chi connectivity index (χ0v) is 12.7. The highest BCUT2D eigenvalue weighted by atomic mass is 32.2. The lowest BCUT2D eigenvalue weighted by molar-refractivity contribution is 0.354. The summed E-state index contributed by atoms with van der Waals surface area (Å²) in [6, 6.07) is -0.0460. The zero-order chi connectivity index (χ0) is 14.5. The van der Waals surface area contributed by atoms with Gasteiger partial charge in [-0.15, -0.1) is 5.10 Å². The van der Waals surface area contributed by atoms with Gasteiger partial charge in [0.25, 0.3) is 0 Å². The van der Waals surface area contributed by atoms with E-state index in [0.29, 0.717) is 24.8 Å². The van der Waals surface area contributed by atoms with Gasteiger partial charge < -0.3 is 4.74 Å². The number of hydrogen-bond donors (Lipinski definition) is 1. The second-order valence-electron chi connectivity index (χ2n) is 4.30. The van der Waals surface area contributed by atoms with Gasteiger partial charge in [-0.1, -0.05) is 18.4 Å². The number of nitrogens with one attached hydrogen (secondary N) is 1. The second-order valence-corrected chi connectivity index (χ2v) is 6.17. The molecule has 1 heterocycles. The highest BCUT2D eigenvalue weighted by Crippen LogP contribution is 2.17. The van der Waals surface area contributed by atoms with Crippen LogP contribution in [0.15, 0.2) is 0 Å². The van der Waals surface area contributed by atoms with E-state index in [2.05, 4.69) is 14.9 Å². The molecule has 0 fully saturated rings. The Morgan fingerprint density at radius 3 is 2.58 bits per heavy atom. The fourth-order valence-corrected chi connectivity index (χ4v) is 3.21. The van der Waals surface area contributed by atoms with Crippen LogP contribution in [-0.4, -0.2) is 36.0 Å². The molecule has 0 spiro atoms. The SMILES string of the molecule is CCCCS(=O)(=O)N[C@H](C)c1nnc(OC)n1CC. The highest BCUT2D eigenvalue weighted by Gasteiger charge is 2.21. The molecule has 8 heteroatoms. The van der Waals surface area contributed by atoms with Gasteiger partial charge in [0.15, 0.2) is 5.82 Å². The molecule has 0 saturated heterocycles. The van der Waals surface area contributed by atoms with E-state index < -0.39 is 16.1 Å². The first-order valence-corrected chi connectivity index (χ1v) is 8.07. The first kappa shape index (κ1) is 15.9. The highest BCUT2D eigenvalue weighted by molar-refractivity contribution is 7.89. The number of unbranched alkanes of at least 4 members (excludes halogenated alkanes) is 1. The monoisotopic (exact) mass is 290 g/mol. The van der Waals surface area contributed by atoms with Crippen molar-refractivity contribution < 1.29 is 13.2 Å². The third kappa shape index (κ3) is 4.17. The van der Waals surface area contributed by atoms with Crippen molar-refractivity contribution in [3.8, 4) is 6.01 Å². The topological polar surface area (TPSA) is 86.1 Å². The number of methoxy groups -OCH3 is 1. The predicted molar refractivity (Wildman–Crippen MR) is 72.5 cm³/mol. The van der Waals surface area contributed by atoms with Gasteiger partial charge in [0.2, 0.25) is 10.0 Å². The van der Waals surface area contributed by atoms with Crippen LogP contribution < -0.4 is 9.46 Å². The van der Waals surface area contributed by atoms with Crippen LogP contribution in [0.3, 0.4) is 0 Å². The molecule has 0 aliphatic rings. The third-order valence-corrected chi connectivity index (χ3v) is 4.29. The summed E-state index contributed by atoms with van der Waals surface area (Å²) in [5.74, 6) is 0.685. The lowest BCUT2D eigenvalue weighted by atomic mass is 10.3. The van der Waals surface area contributed by atoms with Crippen molar-refractivity contribution in [2.45, 2.75) is 46.2 Å². The number of nitrogens with zero attached hydrogens (tertiary/aromatic N) is 3. The molecule has 1 rings (SSSR count). The summed E-state index contributed by atoms with van der Waals surface area (Å²) in [5, 5.41) is 7.86. The van der Waals surface area contributed by atoms with Gasteiger partial charge in [0, 0.05) is 6.54 Å². The lowest BCUT2D eigenvalue weighted by Gasteiger charge is -2.14. The maximum absolute atomic E-state index is 11.8. The number of aromatic nitrogens is 3. The molecular weight excluding hydrogens is 268 g/mol. The minimum atomic E-state index is -3.29. The molecule has 0 bridgehead atoms. The minimum Gasteiger partial charge on any atom is -0.467 e. The molecule has 0 aliphatic heterocycles. The van der Waals surface area contributed by atoms with Gasteiger partial charge in [-0.25, -0.2) is 13.1 Å². The Labute approximate surface area is 114 Å². The van der Waals surface area contributed by atoms with Crippen LogP contribution in [0.4, 0.5) is 0 Å². The van der Waals surface area contributed by atoms with Gasteiger partial charge in [-0.3, -0.25) is 4.57 Å². The summed E-state index contributed by atoms with van der Waals surface area (Å²) < 4.78 is 33.1. The molecular formula is C11H22N4O3S. The molecule has 0 radical (unpaired) electrons. The number of rotatable bonds is 8. The van der Waals surface area contributed by atoms with Gasteiger partial charge in [0.05, 0.1) is 18.9 Å². The Hall–Kier alpha value is -1.15. The van der Waals surface area contributed by atoms with E-state index >= 15 is 0 Å². The van der Waals surface area contributed by atoms with E-state index in [4.69, 9.17) is 4.74 Å². The predicted octanol–water partition coefficient (Wildman–Crippen LogP) is 1.09. The fraction of sp³-hybridized carbons (Fsp3) is 0.818. The molecule has 0 aromatic carbocycles. The summed E-state index contributed by atoms with van der Waals surface area (Å²) in [5.41, 5.74) is 0.